The molecule has 0 fully saturated rings. The zero-order chi connectivity index (χ0) is 13.0. The molecule has 1 atom stereocenters. The summed E-state index contributed by atoms with van der Waals surface area (Å²) in [5, 5.41) is 3.04. The average molecular weight is 256 g/mol. The van der Waals surface area contributed by atoms with E-state index in [2.05, 4.69) is 5.32 Å². The van der Waals surface area contributed by atoms with Crippen molar-refractivity contribution >= 4 is 29.1 Å². The van der Waals surface area contributed by atoms with Gasteiger partial charge in [0.2, 0.25) is 5.91 Å². The zero-order valence-electron chi connectivity index (χ0n) is 9.37. The monoisotopic (exact) mass is 255 g/mol. The molecule has 0 aliphatic heterocycles. The summed E-state index contributed by atoms with van der Waals surface area (Å²) in [6.07, 6.45) is 0.0756. The fraction of sp³-hybridized carbons (Fsp3) is 0.273. The number of carbonyl (C=O) groups excluding carboxylic acids is 2. The molecule has 1 rings (SSSR count). The molecule has 6 heteroatoms. The normalized spacial score (nSPS) is 11.9. The topological polar surface area (TPSA) is 98.2 Å². The minimum absolute atomic E-state index is 0.0756. The molecule has 17 heavy (non-hydrogen) atoms. The summed E-state index contributed by atoms with van der Waals surface area (Å²) in [4.78, 5) is 22.5. The Hall–Kier alpha value is -1.75. The molecule has 0 aliphatic carbocycles. The van der Waals surface area contributed by atoms with Crippen molar-refractivity contribution in [2.45, 2.75) is 19.4 Å². The summed E-state index contributed by atoms with van der Waals surface area (Å²) < 4.78 is 0. The number of benzene rings is 1. The Kier molecular flexibility index (Phi) is 4.34. The van der Waals surface area contributed by atoms with Crippen LogP contribution >= 0.6 is 11.6 Å². The van der Waals surface area contributed by atoms with E-state index in [1.807, 2.05) is 0 Å². The van der Waals surface area contributed by atoms with Crippen molar-refractivity contribution in [2.24, 2.45) is 5.73 Å². The SMILES string of the molecule is CC(CC(N)=O)NC(=O)c1cc(Cl)ccc1N. The van der Waals surface area contributed by atoms with Gasteiger partial charge in [-0.1, -0.05) is 11.6 Å². The van der Waals surface area contributed by atoms with Gasteiger partial charge in [0.25, 0.3) is 5.91 Å². The van der Waals surface area contributed by atoms with E-state index in [4.69, 9.17) is 23.1 Å². The number of anilines is 1. The largest absolute Gasteiger partial charge is 0.398 e. The number of halogens is 1. The molecule has 5 nitrogen and oxygen atoms in total. The molecule has 0 bridgehead atoms. The smallest absolute Gasteiger partial charge is 0.253 e. The number of carbonyl (C=O) groups is 2. The number of hydrogen-bond acceptors (Lipinski definition) is 3. The van der Waals surface area contributed by atoms with Gasteiger partial charge < -0.3 is 16.8 Å². The Labute approximate surface area is 104 Å². The highest BCUT2D eigenvalue weighted by molar-refractivity contribution is 6.31. The molecule has 1 aromatic rings. The van der Waals surface area contributed by atoms with Crippen LogP contribution in [0.5, 0.6) is 0 Å². The van der Waals surface area contributed by atoms with Crippen LogP contribution in [0.3, 0.4) is 0 Å². The van der Waals surface area contributed by atoms with Crippen LogP contribution in [0.4, 0.5) is 5.69 Å². The van der Waals surface area contributed by atoms with Crippen molar-refractivity contribution in [1.82, 2.24) is 5.32 Å². The van der Waals surface area contributed by atoms with Gasteiger partial charge in [-0.2, -0.15) is 0 Å². The minimum Gasteiger partial charge on any atom is -0.398 e. The third kappa shape index (κ3) is 3.96. The van der Waals surface area contributed by atoms with Gasteiger partial charge in [0.15, 0.2) is 0 Å². The van der Waals surface area contributed by atoms with E-state index in [1.54, 1.807) is 19.1 Å². The van der Waals surface area contributed by atoms with E-state index in [0.29, 0.717) is 10.7 Å². The molecule has 0 heterocycles. The first-order chi connectivity index (χ1) is 7.90. The van der Waals surface area contributed by atoms with Crippen LogP contribution in [0, 0.1) is 0 Å². The molecule has 5 N–H and O–H groups in total. The van der Waals surface area contributed by atoms with Gasteiger partial charge in [-0.05, 0) is 25.1 Å². The van der Waals surface area contributed by atoms with Crippen LogP contribution in [0.1, 0.15) is 23.7 Å². The van der Waals surface area contributed by atoms with Crippen molar-refractivity contribution in [3.8, 4) is 0 Å². The van der Waals surface area contributed by atoms with E-state index in [0.717, 1.165) is 0 Å². The second-order valence-electron chi connectivity index (χ2n) is 3.78. The molecule has 0 spiro atoms. The van der Waals surface area contributed by atoms with Gasteiger partial charge >= 0.3 is 0 Å². The lowest BCUT2D eigenvalue weighted by Gasteiger charge is -2.13. The van der Waals surface area contributed by atoms with Gasteiger partial charge in [0.05, 0.1) is 5.56 Å². The number of nitrogens with two attached hydrogens (primary N) is 2. The van der Waals surface area contributed by atoms with Crippen LogP contribution in [-0.2, 0) is 4.79 Å². The number of hydrogen-bond donors (Lipinski definition) is 3. The van der Waals surface area contributed by atoms with Gasteiger partial charge in [0.1, 0.15) is 0 Å². The lowest BCUT2D eigenvalue weighted by Crippen LogP contribution is -2.36. The zero-order valence-corrected chi connectivity index (χ0v) is 10.1. The maximum Gasteiger partial charge on any atom is 0.253 e. The van der Waals surface area contributed by atoms with Crippen molar-refractivity contribution in [3.63, 3.8) is 0 Å². The summed E-state index contributed by atoms with van der Waals surface area (Å²) in [6, 6.07) is 4.28. The van der Waals surface area contributed by atoms with Crippen molar-refractivity contribution in [1.29, 1.82) is 0 Å². The van der Waals surface area contributed by atoms with Crippen LogP contribution in [-0.4, -0.2) is 17.9 Å². The maximum absolute atomic E-state index is 11.8. The van der Waals surface area contributed by atoms with Crippen LogP contribution in [0.25, 0.3) is 0 Å². The highest BCUT2D eigenvalue weighted by Gasteiger charge is 2.14. The summed E-state index contributed by atoms with van der Waals surface area (Å²) in [7, 11) is 0. The quantitative estimate of drug-likeness (QED) is 0.698. The summed E-state index contributed by atoms with van der Waals surface area (Å²) >= 11 is 5.77. The van der Waals surface area contributed by atoms with Crippen LogP contribution < -0.4 is 16.8 Å². The van der Waals surface area contributed by atoms with E-state index in [9.17, 15) is 9.59 Å². The molecule has 0 aliphatic rings. The van der Waals surface area contributed by atoms with Gasteiger partial charge in [-0.15, -0.1) is 0 Å². The molecule has 2 amide bonds. The third-order valence-corrected chi connectivity index (χ3v) is 2.38. The van der Waals surface area contributed by atoms with Crippen molar-refractivity contribution < 1.29 is 9.59 Å². The summed E-state index contributed by atoms with van der Waals surface area (Å²) in [5.41, 5.74) is 11.3. The lowest BCUT2D eigenvalue weighted by molar-refractivity contribution is -0.118. The molecule has 1 aromatic carbocycles. The molecule has 1 unspecified atom stereocenters. The van der Waals surface area contributed by atoms with Crippen LogP contribution in [0.15, 0.2) is 18.2 Å². The third-order valence-electron chi connectivity index (χ3n) is 2.14. The number of nitrogens with one attached hydrogen (secondary N) is 1. The highest BCUT2D eigenvalue weighted by atomic mass is 35.5. The Morgan fingerprint density at radius 1 is 1.47 bits per heavy atom. The number of rotatable bonds is 4. The Morgan fingerprint density at radius 2 is 2.12 bits per heavy atom. The lowest BCUT2D eigenvalue weighted by atomic mass is 10.1. The molecular weight excluding hydrogens is 242 g/mol. The maximum atomic E-state index is 11.8. The van der Waals surface area contributed by atoms with E-state index in [-0.39, 0.29) is 23.9 Å². The fourth-order valence-corrected chi connectivity index (χ4v) is 1.55. The van der Waals surface area contributed by atoms with Crippen molar-refractivity contribution in [3.05, 3.63) is 28.8 Å². The van der Waals surface area contributed by atoms with E-state index >= 15 is 0 Å². The average Bonchev–Trinajstić information content (AvgIpc) is 2.20. The molecule has 92 valence electrons. The number of primary amides is 1. The fourth-order valence-electron chi connectivity index (χ4n) is 1.38. The predicted octanol–water partition coefficient (Wildman–Crippen LogP) is 0.916. The van der Waals surface area contributed by atoms with E-state index < -0.39 is 5.91 Å². The summed E-state index contributed by atoms with van der Waals surface area (Å²) in [5.74, 6) is -0.851. The number of nitrogen functional groups attached to an aromatic ring is 1. The Bertz CT molecular complexity index is 448. The predicted molar refractivity (Wildman–Crippen MR) is 66.6 cm³/mol. The first-order valence-corrected chi connectivity index (χ1v) is 5.42. The van der Waals surface area contributed by atoms with E-state index in [1.165, 1.54) is 6.07 Å². The second-order valence-corrected chi connectivity index (χ2v) is 4.21. The van der Waals surface area contributed by atoms with Gasteiger partial charge in [0, 0.05) is 23.2 Å². The van der Waals surface area contributed by atoms with Crippen molar-refractivity contribution in [2.75, 3.05) is 5.73 Å². The first-order valence-electron chi connectivity index (χ1n) is 5.04. The number of amides is 2. The Morgan fingerprint density at radius 3 is 2.71 bits per heavy atom. The minimum atomic E-state index is -0.475. The molecule has 0 saturated carbocycles. The highest BCUT2D eigenvalue weighted by Crippen LogP contribution is 2.17. The molecular formula is C11H14ClN3O2. The molecule has 0 saturated heterocycles. The Balaban J connectivity index is 2.76. The molecule has 0 aromatic heterocycles. The first kappa shape index (κ1) is 13.3. The second kappa shape index (κ2) is 5.54. The summed E-state index contributed by atoms with van der Waals surface area (Å²) in [6.45, 7) is 1.68. The van der Waals surface area contributed by atoms with Gasteiger partial charge in [-0.25, -0.2) is 0 Å². The van der Waals surface area contributed by atoms with Gasteiger partial charge in [-0.3, -0.25) is 9.59 Å². The molecule has 0 radical (unpaired) electrons. The van der Waals surface area contributed by atoms with Crippen LogP contribution in [0.2, 0.25) is 5.02 Å². The standard InChI is InChI=1S/C11H14ClN3O2/c1-6(4-10(14)16)15-11(17)8-5-7(12)2-3-9(8)13/h2-3,5-6H,4,13H2,1H3,(H2,14,16)(H,15,17).